The molecule has 1 aromatic heterocycles. The molecule has 3 aromatic carbocycles. The number of hydrogen-bond acceptors (Lipinski definition) is 10. The molecular weight excluding hydrogens is 688 g/mol. The Balaban J connectivity index is 0.943. The zero-order valence-electron chi connectivity index (χ0n) is 30.2. The fourth-order valence-corrected chi connectivity index (χ4v) is 6.56. The van der Waals surface area contributed by atoms with E-state index in [0.29, 0.717) is 42.0 Å². The molecule has 1 N–H and O–H groups in total. The number of benzene rings is 3. The van der Waals surface area contributed by atoms with E-state index in [-0.39, 0.29) is 68.4 Å². The summed E-state index contributed by atoms with van der Waals surface area (Å²) in [5.74, 6) is -2.69. The highest BCUT2D eigenvalue weighted by atomic mass is 19.1. The molecule has 2 unspecified atom stereocenters. The van der Waals surface area contributed by atoms with E-state index in [1.165, 1.54) is 25.4 Å². The van der Waals surface area contributed by atoms with Crippen molar-refractivity contribution in [2.24, 2.45) is 0 Å². The molecule has 0 radical (unpaired) electrons. The average molecular weight is 734 g/mol. The van der Waals surface area contributed by atoms with Crippen LogP contribution < -0.4 is 20.4 Å². The highest BCUT2D eigenvalue weighted by molar-refractivity contribution is 5.97. The molecule has 6 rings (SSSR count). The van der Waals surface area contributed by atoms with E-state index in [1.54, 1.807) is 19.1 Å². The number of methoxy groups -OCH3 is 1. The molecule has 2 fully saturated rings. The van der Waals surface area contributed by atoms with Gasteiger partial charge in [-0.05, 0) is 49.9 Å². The van der Waals surface area contributed by atoms with Gasteiger partial charge in [-0.1, -0.05) is 42.5 Å². The van der Waals surface area contributed by atoms with Crippen molar-refractivity contribution in [2.75, 3.05) is 71.3 Å². The number of nitrogens with zero attached hydrogens (tertiary/aromatic N) is 2. The Bertz CT molecular complexity index is 1980. The smallest absolute Gasteiger partial charge is 0.343 e. The van der Waals surface area contributed by atoms with Gasteiger partial charge in [-0.25, -0.2) is 13.6 Å². The number of carbonyl (C=O) groups excluding carboxylic acids is 2. The molecular formula is C40H45F2N3O8. The second-order valence-electron chi connectivity index (χ2n) is 13.3. The van der Waals surface area contributed by atoms with Crippen LogP contribution in [0.3, 0.4) is 0 Å². The van der Waals surface area contributed by atoms with Crippen LogP contribution in [-0.2, 0) is 23.7 Å². The Morgan fingerprint density at radius 1 is 0.925 bits per heavy atom. The molecule has 11 nitrogen and oxygen atoms in total. The van der Waals surface area contributed by atoms with Crippen LogP contribution in [0.2, 0.25) is 0 Å². The van der Waals surface area contributed by atoms with Gasteiger partial charge in [0.1, 0.15) is 30.3 Å². The van der Waals surface area contributed by atoms with Crippen molar-refractivity contribution in [1.29, 1.82) is 0 Å². The van der Waals surface area contributed by atoms with E-state index in [9.17, 15) is 18.8 Å². The number of esters is 2. The number of carbonyl (C=O) groups is 2. The Labute approximate surface area is 306 Å². The largest absolute Gasteiger partial charge is 0.492 e. The fourth-order valence-electron chi connectivity index (χ4n) is 6.56. The summed E-state index contributed by atoms with van der Waals surface area (Å²) < 4.78 is 59.7. The van der Waals surface area contributed by atoms with Gasteiger partial charge in [0.2, 0.25) is 5.43 Å². The highest BCUT2D eigenvalue weighted by Crippen LogP contribution is 2.44. The van der Waals surface area contributed by atoms with Crippen LogP contribution in [0.1, 0.15) is 54.6 Å². The summed E-state index contributed by atoms with van der Waals surface area (Å²) in [4.78, 5) is 41.1. The summed E-state index contributed by atoms with van der Waals surface area (Å²) >= 11 is 0. The van der Waals surface area contributed by atoms with Gasteiger partial charge in [0.15, 0.2) is 11.6 Å². The first-order chi connectivity index (χ1) is 25.7. The van der Waals surface area contributed by atoms with Gasteiger partial charge in [-0.3, -0.25) is 9.59 Å². The number of fused-ring (bicyclic) bond motifs is 1. The summed E-state index contributed by atoms with van der Waals surface area (Å²) in [6.07, 6.45) is 3.21. The van der Waals surface area contributed by atoms with Crippen LogP contribution in [0.4, 0.5) is 14.5 Å². The van der Waals surface area contributed by atoms with Crippen molar-refractivity contribution in [3.63, 3.8) is 0 Å². The number of hydrogen-bond donors (Lipinski definition) is 1. The SMILES string of the molecule is COc1c(N2CCNC(C)C2)c(F)cc2c(=O)c(C(=O)OCCOCCOCCOC(=O)C(C)c3ccc(-c4ccccc4)c(F)c3)cn(C3CC3)c12. The van der Waals surface area contributed by atoms with Crippen LogP contribution in [-0.4, -0.2) is 88.9 Å². The lowest BCUT2D eigenvalue weighted by molar-refractivity contribution is -0.146. The normalized spacial score (nSPS) is 16.4. The number of pyridine rings is 1. The number of aromatic nitrogens is 1. The van der Waals surface area contributed by atoms with E-state index in [4.69, 9.17) is 23.7 Å². The number of piperazine rings is 1. The van der Waals surface area contributed by atoms with Gasteiger partial charge in [0, 0.05) is 43.5 Å². The standard InChI is InChI=1S/C40H45F2N3O8/c1-25-23-44(14-13-43-25)36-34(42)22-31-35(38(36)49-3)45(29-10-11-29)24-32(37(31)46)40(48)53-20-18-51-16-15-50-17-19-52-39(47)26(2)28-9-12-30(33(41)21-28)27-7-5-4-6-8-27/h4-9,12,21-22,24-26,29,43H,10-11,13-20,23H2,1-3H3. The van der Waals surface area contributed by atoms with E-state index in [1.807, 2.05) is 46.7 Å². The molecule has 1 aliphatic heterocycles. The maximum absolute atomic E-state index is 15.7. The molecule has 0 spiro atoms. The first kappa shape index (κ1) is 37.9. The maximum Gasteiger partial charge on any atom is 0.343 e. The Hall–Kier alpha value is -4.85. The molecule has 4 aromatic rings. The lowest BCUT2D eigenvalue weighted by Crippen LogP contribution is -2.49. The zero-order chi connectivity index (χ0) is 37.5. The van der Waals surface area contributed by atoms with E-state index < -0.39 is 34.9 Å². The van der Waals surface area contributed by atoms with Gasteiger partial charge in [0.25, 0.3) is 0 Å². The molecule has 0 amide bonds. The minimum Gasteiger partial charge on any atom is -0.492 e. The molecule has 53 heavy (non-hydrogen) atoms. The molecule has 2 aliphatic rings. The van der Waals surface area contributed by atoms with Crippen molar-refractivity contribution in [3.8, 4) is 16.9 Å². The summed E-state index contributed by atoms with van der Waals surface area (Å²) in [5, 5.41) is 3.41. The van der Waals surface area contributed by atoms with Gasteiger partial charge >= 0.3 is 11.9 Å². The van der Waals surface area contributed by atoms with Crippen molar-refractivity contribution in [1.82, 2.24) is 9.88 Å². The van der Waals surface area contributed by atoms with Crippen molar-refractivity contribution >= 4 is 28.5 Å². The Kier molecular flexibility index (Phi) is 12.4. The minimum absolute atomic E-state index is 0.0154. The predicted molar refractivity (Wildman–Crippen MR) is 196 cm³/mol. The predicted octanol–water partition coefficient (Wildman–Crippen LogP) is 5.63. The zero-order valence-corrected chi connectivity index (χ0v) is 30.2. The first-order valence-corrected chi connectivity index (χ1v) is 18.0. The van der Waals surface area contributed by atoms with Crippen molar-refractivity contribution < 1.29 is 42.1 Å². The van der Waals surface area contributed by atoms with Crippen LogP contribution >= 0.6 is 0 Å². The maximum atomic E-state index is 15.7. The van der Waals surface area contributed by atoms with Crippen LogP contribution in [0.5, 0.6) is 5.75 Å². The number of nitrogens with one attached hydrogen (secondary N) is 1. The van der Waals surface area contributed by atoms with Crippen molar-refractivity contribution in [3.05, 3.63) is 93.8 Å². The third-order valence-electron chi connectivity index (χ3n) is 9.48. The van der Waals surface area contributed by atoms with E-state index in [0.717, 1.165) is 18.4 Å². The van der Waals surface area contributed by atoms with E-state index >= 15 is 4.39 Å². The molecule has 13 heteroatoms. The third kappa shape index (κ3) is 8.86. The summed E-state index contributed by atoms with van der Waals surface area (Å²) in [7, 11) is 1.46. The second kappa shape index (κ2) is 17.3. The quantitative estimate of drug-likeness (QED) is 0.115. The van der Waals surface area contributed by atoms with Crippen LogP contribution in [0, 0.1) is 11.6 Å². The lowest BCUT2D eigenvalue weighted by atomic mass is 9.97. The summed E-state index contributed by atoms with van der Waals surface area (Å²) in [6, 6.07) is 15.3. The number of rotatable bonds is 16. The summed E-state index contributed by atoms with van der Waals surface area (Å²) in [6.45, 7) is 6.02. The minimum atomic E-state index is -0.823. The number of halogens is 2. The average Bonchev–Trinajstić information content (AvgIpc) is 4.01. The van der Waals surface area contributed by atoms with Gasteiger partial charge in [-0.2, -0.15) is 0 Å². The topological polar surface area (TPSA) is 118 Å². The molecule has 2 atom stereocenters. The first-order valence-electron chi connectivity index (χ1n) is 18.0. The third-order valence-corrected chi connectivity index (χ3v) is 9.48. The fraction of sp³-hybridized carbons (Fsp3) is 0.425. The molecule has 1 saturated carbocycles. The van der Waals surface area contributed by atoms with Gasteiger partial charge in [-0.15, -0.1) is 0 Å². The molecule has 0 bridgehead atoms. The molecule has 282 valence electrons. The van der Waals surface area contributed by atoms with Crippen LogP contribution in [0.25, 0.3) is 22.0 Å². The van der Waals surface area contributed by atoms with Crippen molar-refractivity contribution in [2.45, 2.75) is 44.7 Å². The second-order valence-corrected chi connectivity index (χ2v) is 13.3. The lowest BCUT2D eigenvalue weighted by Gasteiger charge is -2.35. The monoisotopic (exact) mass is 733 g/mol. The summed E-state index contributed by atoms with van der Waals surface area (Å²) in [5.41, 5.74) is 1.70. The van der Waals surface area contributed by atoms with Gasteiger partial charge < -0.3 is 38.5 Å². The molecule has 1 saturated heterocycles. The number of ether oxygens (including phenoxy) is 5. The van der Waals surface area contributed by atoms with Gasteiger partial charge in [0.05, 0.1) is 50.4 Å². The molecule has 2 heterocycles. The Morgan fingerprint density at radius 2 is 1.62 bits per heavy atom. The van der Waals surface area contributed by atoms with E-state index in [2.05, 4.69) is 5.32 Å². The highest BCUT2D eigenvalue weighted by Gasteiger charge is 2.32. The van der Waals surface area contributed by atoms with Crippen LogP contribution in [0.15, 0.2) is 65.6 Å². The molecule has 1 aliphatic carbocycles. The number of anilines is 1. The Morgan fingerprint density at radius 3 is 2.28 bits per heavy atom.